The second kappa shape index (κ2) is 41.9. The van der Waals surface area contributed by atoms with Gasteiger partial charge in [0.05, 0.1) is 39.6 Å². The molecule has 0 N–H and O–H groups in total. The standard InChI is InChI=1S/C16H26.C13H20O2.C13H22.C12H18O2.C12H22.C8H16O2.C7H14O2.5C2H6/c1-2-4-6-16(5-3-1)14-8-12-7-13(10-14)11-15(16)9-12;1-2-14-13(15-3-1)11-5-9-4-10(7-11)8-12(13)6-9;1-2-4-8-13(7-3-1)10-11-5-6-12(13)9-11;1-2-14-12(13-1)10-4-8-3-9(6-10)7-11(12)5-8;1-2-5-9-12(8-4-1)10-6-3-7-11-12;1-8(2)9-6-4-3-5-7-10-8;1-7(2)8-5-3-4-6-9-7;5*1-2/h12-15H,1-11H2;9-12H,1-8H2;11-12H,1-10H2;8-11H,1-7H2;1-11H2;3-7H2,1-2H3;3-6H2,1-2H3;5*1-2H3. The molecule has 14 bridgehead atoms. The van der Waals surface area contributed by atoms with Crippen LogP contribution in [-0.4, -0.2) is 76.0 Å². The highest BCUT2D eigenvalue weighted by atomic mass is 16.7. The zero-order valence-corrected chi connectivity index (χ0v) is 68.4. The molecule has 8 heteroatoms. The van der Waals surface area contributed by atoms with Crippen LogP contribution in [0, 0.1) is 99.1 Å². The van der Waals surface area contributed by atoms with Gasteiger partial charge in [-0.2, -0.15) is 0 Å². The highest BCUT2D eigenvalue weighted by molar-refractivity contribution is 5.08. The third kappa shape index (κ3) is 22.2. The smallest absolute Gasteiger partial charge is 0.174 e. The van der Waals surface area contributed by atoms with Crippen LogP contribution in [-0.2, 0) is 37.9 Å². The van der Waals surface area contributed by atoms with E-state index in [2.05, 4.69) is 0 Å². The quantitative estimate of drug-likeness (QED) is 0.238. The number of fused-ring (bicyclic) bond motifs is 3. The van der Waals surface area contributed by atoms with Crippen molar-refractivity contribution in [3.63, 3.8) is 0 Å². The molecule has 4 aliphatic heterocycles. The third-order valence-corrected chi connectivity index (χ3v) is 29.4. The summed E-state index contributed by atoms with van der Waals surface area (Å²) in [6.07, 6.45) is 71.2. The molecule has 2 atom stereocenters. The number of hydrogen-bond donors (Lipinski definition) is 0. The van der Waals surface area contributed by atoms with Crippen molar-refractivity contribution in [1.29, 1.82) is 0 Å². The molecule has 2 unspecified atom stereocenters. The van der Waals surface area contributed by atoms with Crippen LogP contribution in [0.15, 0.2) is 0 Å². The van der Waals surface area contributed by atoms with Crippen LogP contribution in [0.2, 0.25) is 0 Å². The first-order valence-corrected chi connectivity index (χ1v) is 45.4. The summed E-state index contributed by atoms with van der Waals surface area (Å²) in [5.74, 6) is 13.0. The van der Waals surface area contributed by atoms with Gasteiger partial charge in [0, 0.05) is 36.9 Å². The van der Waals surface area contributed by atoms with Crippen molar-refractivity contribution in [2.75, 3.05) is 52.9 Å². The van der Waals surface area contributed by atoms with Gasteiger partial charge in [0.2, 0.25) is 0 Å². The molecule has 0 aromatic rings. The number of ether oxygens (including phenoxy) is 8. The maximum absolute atomic E-state index is 6.12. The van der Waals surface area contributed by atoms with Gasteiger partial charge in [-0.15, -0.1) is 0 Å². The molecule has 0 aromatic carbocycles. The lowest BCUT2D eigenvalue weighted by Crippen LogP contribution is -2.61. The molecule has 18 saturated carbocycles. The number of hydrogen-bond acceptors (Lipinski definition) is 8. The molecule has 4 heterocycles. The Hall–Kier alpha value is -0.320. The predicted octanol–water partition coefficient (Wildman–Crippen LogP) is 26.6. The lowest BCUT2D eigenvalue weighted by Gasteiger charge is -2.62. The topological polar surface area (TPSA) is 73.8 Å². The van der Waals surface area contributed by atoms with Crippen molar-refractivity contribution in [2.24, 2.45) is 99.1 Å². The Morgan fingerprint density at radius 2 is 0.475 bits per heavy atom. The van der Waals surface area contributed by atoms with Crippen LogP contribution in [0.1, 0.15) is 405 Å². The largest absolute Gasteiger partial charge is 0.351 e. The molecule has 99 heavy (non-hydrogen) atoms. The Morgan fingerprint density at radius 1 is 0.212 bits per heavy atom. The Morgan fingerprint density at radius 3 is 0.798 bits per heavy atom. The van der Waals surface area contributed by atoms with Gasteiger partial charge in [-0.25, -0.2) is 0 Å². The molecule has 22 aliphatic rings. The van der Waals surface area contributed by atoms with Gasteiger partial charge in [-0.1, -0.05) is 172 Å². The summed E-state index contributed by atoms with van der Waals surface area (Å²) in [4.78, 5) is 0. The van der Waals surface area contributed by atoms with Gasteiger partial charge in [0.1, 0.15) is 0 Å². The molecule has 0 aromatic heterocycles. The number of rotatable bonds is 0. The van der Waals surface area contributed by atoms with Crippen LogP contribution < -0.4 is 0 Å². The zero-order chi connectivity index (χ0) is 70.8. The zero-order valence-electron chi connectivity index (χ0n) is 68.4. The molecule has 22 rings (SSSR count). The second-order valence-corrected chi connectivity index (χ2v) is 36.0. The van der Waals surface area contributed by atoms with E-state index in [9.17, 15) is 0 Å². The monoisotopic (exact) mass is 1390 g/mol. The predicted molar refractivity (Wildman–Crippen MR) is 416 cm³/mol. The van der Waals surface area contributed by atoms with Crippen LogP contribution in [0.5, 0.6) is 0 Å². The molecule has 0 amide bonds. The first-order valence-electron chi connectivity index (χ1n) is 45.4. The third-order valence-electron chi connectivity index (χ3n) is 29.4. The lowest BCUT2D eigenvalue weighted by molar-refractivity contribution is -0.358. The minimum Gasteiger partial charge on any atom is -0.351 e. The van der Waals surface area contributed by atoms with Gasteiger partial charge >= 0.3 is 0 Å². The van der Waals surface area contributed by atoms with Crippen molar-refractivity contribution in [1.82, 2.24) is 0 Å². The molecular weight excluding hydrogens is 1220 g/mol. The van der Waals surface area contributed by atoms with Gasteiger partial charge in [-0.05, 0) is 309 Å². The van der Waals surface area contributed by atoms with Crippen molar-refractivity contribution in [3.8, 4) is 0 Å². The average Bonchev–Trinajstić information content (AvgIpc) is 1.72. The first kappa shape index (κ1) is 84.3. The Balaban J connectivity index is 0.000000145. The van der Waals surface area contributed by atoms with Crippen LogP contribution >= 0.6 is 0 Å². The Kier molecular flexibility index (Phi) is 35.6. The van der Waals surface area contributed by atoms with E-state index in [0.717, 1.165) is 159 Å². The molecule has 5 spiro atoms. The van der Waals surface area contributed by atoms with Gasteiger partial charge in [-0.3, -0.25) is 0 Å². The average molecular weight is 1390 g/mol. The maximum atomic E-state index is 6.12. The van der Waals surface area contributed by atoms with Crippen LogP contribution in [0.4, 0.5) is 0 Å². The Labute approximate surface area is 614 Å². The maximum Gasteiger partial charge on any atom is 0.174 e. The summed E-state index contributed by atoms with van der Waals surface area (Å²) < 4.78 is 45.9. The van der Waals surface area contributed by atoms with Gasteiger partial charge in [0.25, 0.3) is 0 Å². The highest BCUT2D eigenvalue weighted by Gasteiger charge is 2.62. The summed E-state index contributed by atoms with van der Waals surface area (Å²) in [5, 5.41) is 0. The van der Waals surface area contributed by atoms with E-state index in [-0.39, 0.29) is 23.1 Å². The van der Waals surface area contributed by atoms with Crippen molar-refractivity contribution < 1.29 is 37.9 Å². The summed E-state index contributed by atoms with van der Waals surface area (Å²) >= 11 is 0. The Bertz CT molecular complexity index is 2000. The summed E-state index contributed by atoms with van der Waals surface area (Å²) in [6.45, 7) is 34.8. The van der Waals surface area contributed by atoms with E-state index in [1.807, 2.05) is 96.9 Å². The van der Waals surface area contributed by atoms with E-state index in [1.165, 1.54) is 166 Å². The highest BCUT2D eigenvalue weighted by Crippen LogP contribution is 2.67. The summed E-state index contributed by atoms with van der Waals surface area (Å²) in [5.41, 5.74) is 2.58. The fraction of sp³-hybridized carbons (Fsp3) is 1.00. The van der Waals surface area contributed by atoms with Crippen molar-refractivity contribution in [3.05, 3.63) is 0 Å². The molecule has 18 aliphatic carbocycles. The van der Waals surface area contributed by atoms with Gasteiger partial charge < -0.3 is 37.9 Å². The fourth-order valence-electron chi connectivity index (χ4n) is 25.8. The summed E-state index contributed by atoms with van der Waals surface area (Å²) in [6, 6.07) is 0. The van der Waals surface area contributed by atoms with Crippen LogP contribution in [0.25, 0.3) is 0 Å². The molecule has 580 valence electrons. The molecule has 8 nitrogen and oxygen atoms in total. The SMILES string of the molecule is C1CCCC2(CC1)C1CC3CC(C1)CC2C3.C1CCCC2(CC1)CC1CCC2C1.C1CCCC2(CC1)CCCCC2.C1COC2(O1)C1CC3CC(C1)CC2C3.C1COC2(OC1)C1CC3CC(C1)CC2C3.CC.CC.CC.CC.CC.CC1(C)OCCCCCO1.CC1(C)OCCCCO1. The minimum atomic E-state index is -0.347. The van der Waals surface area contributed by atoms with E-state index in [4.69, 9.17) is 37.9 Å². The van der Waals surface area contributed by atoms with Crippen molar-refractivity contribution >= 4 is 0 Å². The van der Waals surface area contributed by atoms with E-state index in [0.29, 0.717) is 0 Å². The summed E-state index contributed by atoms with van der Waals surface area (Å²) in [7, 11) is 0. The molecule has 0 radical (unpaired) electrons. The minimum absolute atomic E-state index is 0.104. The fourth-order valence-corrected chi connectivity index (χ4v) is 25.8. The van der Waals surface area contributed by atoms with Crippen LogP contribution in [0.3, 0.4) is 0 Å². The van der Waals surface area contributed by atoms with E-state index >= 15 is 0 Å². The normalized spacial score (nSPS) is 38.0. The van der Waals surface area contributed by atoms with E-state index < -0.39 is 0 Å². The molecule has 4 saturated heterocycles. The first-order chi connectivity index (χ1) is 48.3. The van der Waals surface area contributed by atoms with E-state index in [1.54, 1.807) is 135 Å². The molecular formula is C91H168O8. The lowest BCUT2D eigenvalue weighted by atomic mass is 9.43. The molecule has 22 fully saturated rings. The van der Waals surface area contributed by atoms with Crippen molar-refractivity contribution in [2.45, 2.75) is 428 Å². The van der Waals surface area contributed by atoms with Gasteiger partial charge in [0.15, 0.2) is 23.1 Å². The second-order valence-electron chi connectivity index (χ2n) is 36.0.